The van der Waals surface area contributed by atoms with Crippen LogP contribution < -0.4 is 5.32 Å². The summed E-state index contributed by atoms with van der Waals surface area (Å²) in [5.41, 5.74) is 0. The van der Waals surface area contributed by atoms with Gasteiger partial charge in [-0.2, -0.15) is 0 Å². The quantitative estimate of drug-likeness (QED) is 0.787. The molecule has 0 saturated heterocycles. The van der Waals surface area contributed by atoms with Gasteiger partial charge in [0.1, 0.15) is 0 Å². The van der Waals surface area contributed by atoms with E-state index < -0.39 is 10.8 Å². The van der Waals surface area contributed by atoms with Crippen LogP contribution in [-0.2, 0) is 10.8 Å². The Hall–Kier alpha value is 0.110. The van der Waals surface area contributed by atoms with E-state index in [-0.39, 0.29) is 0 Å². The van der Waals surface area contributed by atoms with Crippen molar-refractivity contribution in [2.24, 2.45) is 5.92 Å². The lowest BCUT2D eigenvalue weighted by Crippen LogP contribution is -2.45. The third kappa shape index (κ3) is 4.64. The molecule has 3 heteroatoms. The van der Waals surface area contributed by atoms with E-state index >= 15 is 0 Å². The van der Waals surface area contributed by atoms with Crippen molar-refractivity contribution in [1.82, 2.24) is 5.32 Å². The lowest BCUT2D eigenvalue weighted by Gasteiger charge is -2.33. The Labute approximate surface area is 96.7 Å². The largest absolute Gasteiger partial charge is 0.310 e. The molecule has 15 heavy (non-hydrogen) atoms. The van der Waals surface area contributed by atoms with Crippen LogP contribution in [0.15, 0.2) is 0 Å². The van der Waals surface area contributed by atoms with Gasteiger partial charge in [-0.15, -0.1) is 0 Å². The Balaban J connectivity index is 2.37. The molecule has 0 aromatic rings. The van der Waals surface area contributed by atoms with Gasteiger partial charge < -0.3 is 5.32 Å². The van der Waals surface area contributed by atoms with Crippen molar-refractivity contribution in [3.8, 4) is 0 Å². The first-order valence-electron chi connectivity index (χ1n) is 6.19. The highest BCUT2D eigenvalue weighted by atomic mass is 32.2. The molecular weight excluding hydrogens is 206 g/mol. The van der Waals surface area contributed by atoms with E-state index in [0.29, 0.717) is 12.1 Å². The second kappa shape index (κ2) is 6.64. The maximum Gasteiger partial charge on any atom is 0.0383 e. The summed E-state index contributed by atoms with van der Waals surface area (Å²) in [7, 11) is -0.676. The Morgan fingerprint density at radius 1 is 1.40 bits per heavy atom. The van der Waals surface area contributed by atoms with Gasteiger partial charge in [0.05, 0.1) is 0 Å². The molecule has 1 saturated carbocycles. The molecule has 1 aliphatic rings. The smallest absolute Gasteiger partial charge is 0.0383 e. The zero-order valence-corrected chi connectivity index (χ0v) is 11.1. The summed E-state index contributed by atoms with van der Waals surface area (Å²) in [6.07, 6.45) is 8.49. The monoisotopic (exact) mass is 231 g/mol. The fourth-order valence-corrected chi connectivity index (χ4v) is 3.48. The predicted molar refractivity (Wildman–Crippen MR) is 67.6 cm³/mol. The summed E-state index contributed by atoms with van der Waals surface area (Å²) in [5, 5.41) is 3.66. The molecule has 0 radical (unpaired) electrons. The Morgan fingerprint density at radius 2 is 2.07 bits per heavy atom. The number of rotatable bonds is 5. The van der Waals surface area contributed by atoms with Crippen LogP contribution in [0.2, 0.25) is 0 Å². The normalized spacial score (nSPS) is 31.1. The predicted octanol–water partition coefficient (Wildman–Crippen LogP) is 2.31. The third-order valence-corrected chi connectivity index (χ3v) is 4.39. The van der Waals surface area contributed by atoms with E-state index in [1.807, 2.05) is 0 Å². The van der Waals surface area contributed by atoms with Crippen LogP contribution in [0.5, 0.6) is 0 Å². The third-order valence-electron chi connectivity index (χ3n) is 3.42. The van der Waals surface area contributed by atoms with Crippen LogP contribution >= 0.6 is 0 Å². The van der Waals surface area contributed by atoms with Crippen molar-refractivity contribution >= 4 is 10.8 Å². The van der Waals surface area contributed by atoms with Crippen molar-refractivity contribution in [1.29, 1.82) is 0 Å². The number of hydrogen-bond donors (Lipinski definition) is 1. The second-order valence-corrected chi connectivity index (χ2v) is 6.35. The van der Waals surface area contributed by atoms with Gasteiger partial charge in [-0.05, 0) is 25.7 Å². The molecule has 90 valence electrons. The van der Waals surface area contributed by atoms with Crippen LogP contribution in [0.3, 0.4) is 0 Å². The molecular formula is C12H25NOS. The van der Waals surface area contributed by atoms with Gasteiger partial charge in [-0.25, -0.2) is 0 Å². The fraction of sp³-hybridized carbons (Fsp3) is 1.00. The van der Waals surface area contributed by atoms with Crippen molar-refractivity contribution in [3.05, 3.63) is 0 Å². The van der Waals surface area contributed by atoms with Crippen LogP contribution in [0, 0.1) is 5.92 Å². The van der Waals surface area contributed by atoms with E-state index in [2.05, 4.69) is 19.2 Å². The second-order valence-electron chi connectivity index (χ2n) is 4.87. The molecule has 0 aromatic heterocycles. The lowest BCUT2D eigenvalue weighted by molar-refractivity contribution is 0.244. The van der Waals surface area contributed by atoms with Crippen molar-refractivity contribution in [2.75, 3.05) is 12.0 Å². The summed E-state index contributed by atoms with van der Waals surface area (Å²) < 4.78 is 11.1. The highest BCUT2D eigenvalue weighted by Gasteiger charge is 2.24. The lowest BCUT2D eigenvalue weighted by atomic mass is 9.82. The first kappa shape index (κ1) is 13.2. The molecule has 2 nitrogen and oxygen atoms in total. The Kier molecular flexibility index (Phi) is 5.83. The molecule has 0 spiro atoms. The molecule has 0 heterocycles. The van der Waals surface area contributed by atoms with Crippen molar-refractivity contribution in [3.63, 3.8) is 0 Å². The van der Waals surface area contributed by atoms with Gasteiger partial charge in [0.15, 0.2) is 0 Å². The molecule has 0 bridgehead atoms. The average molecular weight is 231 g/mol. The first-order chi connectivity index (χ1) is 7.13. The minimum atomic E-state index is -0.676. The summed E-state index contributed by atoms with van der Waals surface area (Å²) >= 11 is 0. The summed E-state index contributed by atoms with van der Waals surface area (Å²) in [4.78, 5) is 0. The standard InChI is InChI=1S/C12H25NOS/c1-4-11-7-5-6-8-12(11)13-10(2)9-15(3)14/h10-13H,4-9H2,1-3H3. The number of hydrogen-bond acceptors (Lipinski definition) is 2. The topological polar surface area (TPSA) is 29.1 Å². The maximum absolute atomic E-state index is 11.1. The van der Waals surface area contributed by atoms with E-state index in [1.165, 1.54) is 32.1 Å². The zero-order chi connectivity index (χ0) is 11.3. The van der Waals surface area contributed by atoms with E-state index in [4.69, 9.17) is 0 Å². The summed E-state index contributed by atoms with van der Waals surface area (Å²) in [6, 6.07) is 1.07. The molecule has 4 atom stereocenters. The van der Waals surface area contributed by atoms with Crippen molar-refractivity contribution in [2.45, 2.75) is 58.0 Å². The minimum absolute atomic E-state index is 0.396. The minimum Gasteiger partial charge on any atom is -0.310 e. The first-order valence-corrected chi connectivity index (χ1v) is 7.92. The van der Waals surface area contributed by atoms with Gasteiger partial charge in [0.2, 0.25) is 0 Å². The van der Waals surface area contributed by atoms with Gasteiger partial charge >= 0.3 is 0 Å². The molecule has 1 rings (SSSR count). The fourth-order valence-electron chi connectivity index (χ4n) is 2.68. The SMILES string of the molecule is CCC1CCCCC1NC(C)CS(C)=O. The van der Waals surface area contributed by atoms with Crippen LogP contribution in [0.25, 0.3) is 0 Å². The molecule has 1 fully saturated rings. The molecule has 0 aromatic carbocycles. The van der Waals surface area contributed by atoms with Crippen LogP contribution in [-0.4, -0.2) is 28.3 Å². The summed E-state index contributed by atoms with van der Waals surface area (Å²) in [5.74, 6) is 1.62. The molecule has 1 N–H and O–H groups in total. The highest BCUT2D eigenvalue weighted by molar-refractivity contribution is 7.84. The Bertz CT molecular complexity index is 208. The van der Waals surface area contributed by atoms with E-state index in [0.717, 1.165) is 11.7 Å². The van der Waals surface area contributed by atoms with Crippen LogP contribution in [0.1, 0.15) is 46.0 Å². The molecule has 0 aliphatic heterocycles. The van der Waals surface area contributed by atoms with Gasteiger partial charge in [0, 0.05) is 34.9 Å². The average Bonchev–Trinajstić information content (AvgIpc) is 2.17. The van der Waals surface area contributed by atoms with Gasteiger partial charge in [0.25, 0.3) is 0 Å². The summed E-state index contributed by atoms with van der Waals surface area (Å²) in [6.45, 7) is 4.44. The van der Waals surface area contributed by atoms with Crippen molar-refractivity contribution < 1.29 is 4.21 Å². The van der Waals surface area contributed by atoms with Gasteiger partial charge in [-0.3, -0.25) is 4.21 Å². The van der Waals surface area contributed by atoms with E-state index in [1.54, 1.807) is 6.26 Å². The Morgan fingerprint density at radius 3 is 2.67 bits per heavy atom. The molecule has 0 amide bonds. The van der Waals surface area contributed by atoms with Gasteiger partial charge in [-0.1, -0.05) is 26.2 Å². The van der Waals surface area contributed by atoms with Crippen LogP contribution in [0.4, 0.5) is 0 Å². The van der Waals surface area contributed by atoms with E-state index in [9.17, 15) is 4.21 Å². The zero-order valence-electron chi connectivity index (χ0n) is 10.3. The molecule has 4 unspecified atom stereocenters. The molecule has 1 aliphatic carbocycles. The highest BCUT2D eigenvalue weighted by Crippen LogP contribution is 2.27. The number of nitrogens with one attached hydrogen (secondary N) is 1. The maximum atomic E-state index is 11.1.